The van der Waals surface area contributed by atoms with Gasteiger partial charge in [0.25, 0.3) is 5.89 Å². The Kier molecular flexibility index (Phi) is 3.22. The Morgan fingerprint density at radius 1 is 1.29 bits per heavy atom. The zero-order valence-electron chi connectivity index (χ0n) is 12.1. The van der Waals surface area contributed by atoms with Crippen LogP contribution >= 0.6 is 0 Å². The summed E-state index contributed by atoms with van der Waals surface area (Å²) in [6, 6.07) is 3.81. The second-order valence-corrected chi connectivity index (χ2v) is 6.37. The van der Waals surface area contributed by atoms with Gasteiger partial charge in [-0.05, 0) is 43.9 Å². The molecular weight excluding hydrogens is 264 g/mol. The van der Waals surface area contributed by atoms with Gasteiger partial charge in [-0.2, -0.15) is 4.98 Å². The van der Waals surface area contributed by atoms with E-state index in [0.29, 0.717) is 5.89 Å². The van der Waals surface area contributed by atoms with E-state index in [0.717, 1.165) is 36.8 Å². The largest absolute Gasteiger partial charge is 0.334 e. The molecule has 1 aliphatic heterocycles. The average molecular weight is 284 g/mol. The van der Waals surface area contributed by atoms with Crippen LogP contribution in [0.2, 0.25) is 0 Å². The molecule has 5 nitrogen and oxygen atoms in total. The standard InChI is InChI=1S/C16H20N4O/c1-6-16(11-18-7-1,10-12-2-3-12)15-19-14(21-20-15)13-4-8-17-9-5-13/h4-5,8-9,12,18H,1-3,6-7,10-11H2. The molecule has 3 heterocycles. The van der Waals surface area contributed by atoms with E-state index in [9.17, 15) is 0 Å². The molecule has 2 aromatic heterocycles. The third-order valence-corrected chi connectivity index (χ3v) is 4.68. The van der Waals surface area contributed by atoms with Crippen molar-refractivity contribution in [3.8, 4) is 11.5 Å². The summed E-state index contributed by atoms with van der Waals surface area (Å²) in [5.41, 5.74) is 1.00. The summed E-state index contributed by atoms with van der Waals surface area (Å²) in [5.74, 6) is 2.34. The molecule has 2 aliphatic rings. The van der Waals surface area contributed by atoms with Crippen molar-refractivity contribution in [2.24, 2.45) is 5.92 Å². The normalized spacial score (nSPS) is 25.9. The van der Waals surface area contributed by atoms with Crippen LogP contribution in [0.5, 0.6) is 0 Å². The summed E-state index contributed by atoms with van der Waals surface area (Å²) in [4.78, 5) is 8.74. The molecule has 1 unspecified atom stereocenters. The first kappa shape index (κ1) is 13.0. The Bertz CT molecular complexity index is 600. The van der Waals surface area contributed by atoms with Gasteiger partial charge in [-0.25, -0.2) is 0 Å². The molecule has 0 bridgehead atoms. The number of pyridine rings is 1. The zero-order chi connectivity index (χ0) is 14.1. The predicted molar refractivity (Wildman–Crippen MR) is 78.7 cm³/mol. The van der Waals surface area contributed by atoms with Gasteiger partial charge in [0, 0.05) is 29.9 Å². The Morgan fingerprint density at radius 3 is 2.86 bits per heavy atom. The van der Waals surface area contributed by atoms with Crippen molar-refractivity contribution in [1.29, 1.82) is 0 Å². The molecule has 2 fully saturated rings. The predicted octanol–water partition coefficient (Wildman–Crippen LogP) is 2.55. The first-order valence-electron chi connectivity index (χ1n) is 7.81. The van der Waals surface area contributed by atoms with E-state index in [1.807, 2.05) is 12.1 Å². The lowest BCUT2D eigenvalue weighted by atomic mass is 9.75. The number of nitrogens with one attached hydrogen (secondary N) is 1. The van der Waals surface area contributed by atoms with Crippen LogP contribution in [0.4, 0.5) is 0 Å². The smallest absolute Gasteiger partial charge is 0.258 e. The first-order valence-corrected chi connectivity index (χ1v) is 7.81. The third-order valence-electron chi connectivity index (χ3n) is 4.68. The maximum absolute atomic E-state index is 5.51. The average Bonchev–Trinajstić information content (AvgIpc) is 3.20. The fraction of sp³-hybridized carbons (Fsp3) is 0.562. The minimum absolute atomic E-state index is 0.0637. The highest BCUT2D eigenvalue weighted by atomic mass is 16.5. The maximum atomic E-state index is 5.51. The second kappa shape index (κ2) is 5.22. The van der Waals surface area contributed by atoms with Crippen molar-refractivity contribution < 1.29 is 4.52 Å². The Hall–Kier alpha value is -1.75. The van der Waals surface area contributed by atoms with Crippen LogP contribution in [0, 0.1) is 5.92 Å². The lowest BCUT2D eigenvalue weighted by Gasteiger charge is -2.35. The zero-order valence-corrected chi connectivity index (χ0v) is 12.1. The van der Waals surface area contributed by atoms with Gasteiger partial charge in [-0.15, -0.1) is 0 Å². The van der Waals surface area contributed by atoms with E-state index >= 15 is 0 Å². The topological polar surface area (TPSA) is 63.8 Å². The summed E-state index contributed by atoms with van der Waals surface area (Å²) < 4.78 is 5.51. The molecule has 4 rings (SSSR count). The second-order valence-electron chi connectivity index (χ2n) is 6.37. The molecule has 0 aromatic carbocycles. The molecule has 2 aromatic rings. The monoisotopic (exact) mass is 284 g/mol. The fourth-order valence-corrected chi connectivity index (χ4v) is 3.35. The van der Waals surface area contributed by atoms with E-state index in [4.69, 9.17) is 9.51 Å². The van der Waals surface area contributed by atoms with Crippen LogP contribution in [0.1, 0.15) is 37.9 Å². The van der Waals surface area contributed by atoms with Crippen LogP contribution in [0.25, 0.3) is 11.5 Å². The molecule has 0 radical (unpaired) electrons. The Morgan fingerprint density at radius 2 is 2.14 bits per heavy atom. The highest BCUT2D eigenvalue weighted by molar-refractivity contribution is 5.51. The molecule has 1 aliphatic carbocycles. The van der Waals surface area contributed by atoms with E-state index in [-0.39, 0.29) is 5.41 Å². The van der Waals surface area contributed by atoms with Gasteiger partial charge in [0.05, 0.1) is 0 Å². The third kappa shape index (κ3) is 2.58. The van der Waals surface area contributed by atoms with Gasteiger partial charge in [0.1, 0.15) is 0 Å². The number of piperidine rings is 1. The number of hydrogen-bond donors (Lipinski definition) is 1. The van der Waals surface area contributed by atoms with Crippen molar-refractivity contribution in [1.82, 2.24) is 20.4 Å². The maximum Gasteiger partial charge on any atom is 0.258 e. The van der Waals surface area contributed by atoms with Gasteiger partial charge >= 0.3 is 0 Å². The molecule has 21 heavy (non-hydrogen) atoms. The fourth-order valence-electron chi connectivity index (χ4n) is 3.35. The molecule has 1 atom stereocenters. The molecule has 1 saturated heterocycles. The van der Waals surface area contributed by atoms with Crippen molar-refractivity contribution in [2.45, 2.75) is 37.5 Å². The SMILES string of the molecule is c1cc(-c2nc(C3(CC4CC4)CCCNC3)no2)ccn1. The molecule has 5 heteroatoms. The van der Waals surface area contributed by atoms with Crippen LogP contribution in [-0.2, 0) is 5.41 Å². The highest BCUT2D eigenvalue weighted by Gasteiger charge is 2.42. The molecular formula is C16H20N4O. The van der Waals surface area contributed by atoms with Crippen molar-refractivity contribution in [2.75, 3.05) is 13.1 Å². The van der Waals surface area contributed by atoms with Crippen molar-refractivity contribution >= 4 is 0 Å². The van der Waals surface area contributed by atoms with Gasteiger partial charge < -0.3 is 9.84 Å². The van der Waals surface area contributed by atoms with Gasteiger partial charge in [0.2, 0.25) is 0 Å². The number of hydrogen-bond acceptors (Lipinski definition) is 5. The van der Waals surface area contributed by atoms with Gasteiger partial charge in [0.15, 0.2) is 5.82 Å². The quantitative estimate of drug-likeness (QED) is 0.934. The van der Waals surface area contributed by atoms with E-state index in [1.165, 1.54) is 25.7 Å². The van der Waals surface area contributed by atoms with Crippen molar-refractivity contribution in [3.05, 3.63) is 30.4 Å². The summed E-state index contributed by atoms with van der Waals surface area (Å²) in [7, 11) is 0. The number of aromatic nitrogens is 3. The molecule has 0 spiro atoms. The highest BCUT2D eigenvalue weighted by Crippen LogP contribution is 2.44. The van der Waals surface area contributed by atoms with E-state index in [2.05, 4.69) is 15.5 Å². The van der Waals surface area contributed by atoms with Crippen LogP contribution in [-0.4, -0.2) is 28.2 Å². The van der Waals surface area contributed by atoms with Gasteiger partial charge in [-0.3, -0.25) is 4.98 Å². The summed E-state index contributed by atoms with van der Waals surface area (Å²) in [5, 5.41) is 7.85. The summed E-state index contributed by atoms with van der Waals surface area (Å²) >= 11 is 0. The minimum Gasteiger partial charge on any atom is -0.334 e. The summed E-state index contributed by atoms with van der Waals surface area (Å²) in [6.45, 7) is 2.07. The van der Waals surface area contributed by atoms with Crippen LogP contribution in [0.15, 0.2) is 29.0 Å². The first-order chi connectivity index (χ1) is 10.4. The molecule has 0 amide bonds. The minimum atomic E-state index is 0.0637. The van der Waals surface area contributed by atoms with Crippen LogP contribution < -0.4 is 5.32 Å². The molecule has 1 saturated carbocycles. The Labute approximate surface area is 124 Å². The molecule has 1 N–H and O–H groups in total. The lowest BCUT2D eigenvalue weighted by molar-refractivity contribution is 0.256. The van der Waals surface area contributed by atoms with Crippen molar-refractivity contribution in [3.63, 3.8) is 0 Å². The summed E-state index contributed by atoms with van der Waals surface area (Å²) in [6.07, 6.45) is 9.75. The van der Waals surface area contributed by atoms with Gasteiger partial charge in [-0.1, -0.05) is 18.0 Å². The van der Waals surface area contributed by atoms with Crippen LogP contribution in [0.3, 0.4) is 0 Å². The Balaban J connectivity index is 1.65. The van der Waals surface area contributed by atoms with E-state index < -0.39 is 0 Å². The van der Waals surface area contributed by atoms with E-state index in [1.54, 1.807) is 12.4 Å². The number of rotatable bonds is 4. The molecule has 110 valence electrons. The number of nitrogens with zero attached hydrogens (tertiary/aromatic N) is 3. The lowest BCUT2D eigenvalue weighted by Crippen LogP contribution is -2.44.